The van der Waals surface area contributed by atoms with E-state index in [1.54, 1.807) is 48.5 Å². The maximum absolute atomic E-state index is 11.9. The van der Waals surface area contributed by atoms with Crippen LogP contribution in [0.1, 0.15) is 32.4 Å². The lowest BCUT2D eigenvalue weighted by Gasteiger charge is -2.09. The highest BCUT2D eigenvalue weighted by molar-refractivity contribution is 5.99. The van der Waals surface area contributed by atoms with Crippen LogP contribution in [0.5, 0.6) is 0 Å². The lowest BCUT2D eigenvalue weighted by molar-refractivity contribution is 0.0747. The Bertz CT molecular complexity index is 862. The van der Waals surface area contributed by atoms with Crippen molar-refractivity contribution < 1.29 is 14.7 Å². The van der Waals surface area contributed by atoms with Crippen molar-refractivity contribution in [3.05, 3.63) is 108 Å². The van der Waals surface area contributed by atoms with E-state index in [9.17, 15) is 14.7 Å². The Balaban J connectivity index is 0.000000209. The number of hydrogen-bond acceptors (Lipinski definition) is 4. The summed E-state index contributed by atoms with van der Waals surface area (Å²) in [7, 11) is 3.78. The first-order chi connectivity index (χ1) is 13.5. The minimum Gasteiger partial charge on any atom is -0.380 e. The summed E-state index contributed by atoms with van der Waals surface area (Å²) in [6.45, 7) is 0.476. The van der Waals surface area contributed by atoms with Gasteiger partial charge < -0.3 is 10.0 Å². The number of hydrogen-bond donors (Lipinski definition) is 1. The first kappa shape index (κ1) is 21.2. The molecule has 1 unspecified atom stereocenters. The minimum absolute atomic E-state index is 0.167. The summed E-state index contributed by atoms with van der Waals surface area (Å²) < 4.78 is 0. The highest BCUT2D eigenvalue weighted by Gasteiger charge is 2.18. The Hall–Kier alpha value is -3.08. The summed E-state index contributed by atoms with van der Waals surface area (Å²) in [6.07, 6.45) is -1.08. The fourth-order valence-corrected chi connectivity index (χ4v) is 2.55. The van der Waals surface area contributed by atoms with Crippen molar-refractivity contribution in [2.45, 2.75) is 6.10 Å². The van der Waals surface area contributed by atoms with Gasteiger partial charge in [0.25, 0.3) is 0 Å². The molecule has 0 spiro atoms. The van der Waals surface area contributed by atoms with Gasteiger partial charge in [0, 0.05) is 11.1 Å². The van der Waals surface area contributed by atoms with Crippen molar-refractivity contribution >= 4 is 11.6 Å². The summed E-state index contributed by atoms with van der Waals surface area (Å²) in [4.78, 5) is 25.2. The molecule has 3 aromatic carbocycles. The average molecular weight is 375 g/mol. The highest BCUT2D eigenvalue weighted by atomic mass is 16.3. The van der Waals surface area contributed by atoms with E-state index in [-0.39, 0.29) is 11.6 Å². The Morgan fingerprint density at radius 2 is 1.18 bits per heavy atom. The largest absolute Gasteiger partial charge is 0.380 e. The Morgan fingerprint density at radius 1 is 0.750 bits per heavy atom. The molecule has 28 heavy (non-hydrogen) atoms. The highest BCUT2D eigenvalue weighted by Crippen LogP contribution is 2.17. The van der Waals surface area contributed by atoms with Crippen LogP contribution in [0.3, 0.4) is 0 Å². The van der Waals surface area contributed by atoms with Crippen LogP contribution in [0.4, 0.5) is 0 Å². The van der Waals surface area contributed by atoms with Crippen LogP contribution in [-0.2, 0) is 0 Å². The SMILES string of the molecule is CN(C)CC(=O)c1ccccc1.O=C(c1ccccc1)C(O)c1ccccc1. The number of aliphatic hydroxyl groups excluding tert-OH is 1. The van der Waals surface area contributed by atoms with Crippen LogP contribution >= 0.6 is 0 Å². The van der Waals surface area contributed by atoms with E-state index in [4.69, 9.17) is 0 Å². The van der Waals surface area contributed by atoms with Crippen LogP contribution in [-0.4, -0.2) is 42.2 Å². The molecule has 144 valence electrons. The molecule has 4 heteroatoms. The number of benzene rings is 3. The average Bonchev–Trinajstić information content (AvgIpc) is 2.74. The number of carbonyl (C=O) groups is 2. The number of ketones is 2. The molecule has 0 radical (unpaired) electrons. The predicted molar refractivity (Wildman–Crippen MR) is 112 cm³/mol. The van der Waals surface area contributed by atoms with Crippen LogP contribution in [0.2, 0.25) is 0 Å². The maximum Gasteiger partial charge on any atom is 0.195 e. The minimum atomic E-state index is -1.08. The van der Waals surface area contributed by atoms with Gasteiger partial charge in [-0.1, -0.05) is 91.0 Å². The molecule has 1 N–H and O–H groups in total. The summed E-state index contributed by atoms with van der Waals surface area (Å²) in [6, 6.07) is 27.1. The number of nitrogens with zero attached hydrogens (tertiary/aromatic N) is 1. The van der Waals surface area contributed by atoms with Crippen LogP contribution in [0.25, 0.3) is 0 Å². The molecule has 0 bridgehead atoms. The van der Waals surface area contributed by atoms with E-state index >= 15 is 0 Å². The zero-order valence-corrected chi connectivity index (χ0v) is 16.2. The van der Waals surface area contributed by atoms with Crippen molar-refractivity contribution in [1.82, 2.24) is 4.90 Å². The van der Waals surface area contributed by atoms with E-state index in [1.165, 1.54) is 0 Å². The van der Waals surface area contributed by atoms with E-state index in [2.05, 4.69) is 0 Å². The number of rotatable bonds is 6. The second kappa shape index (κ2) is 10.9. The lowest BCUT2D eigenvalue weighted by Crippen LogP contribution is -2.21. The monoisotopic (exact) mass is 375 g/mol. The van der Waals surface area contributed by atoms with Gasteiger partial charge in [-0.3, -0.25) is 9.59 Å². The molecule has 0 saturated heterocycles. The molecule has 0 amide bonds. The molecule has 0 saturated carbocycles. The second-order valence-electron chi connectivity index (χ2n) is 6.57. The van der Waals surface area contributed by atoms with Gasteiger partial charge in [-0.15, -0.1) is 0 Å². The molecule has 0 aromatic heterocycles. The molecule has 0 aliphatic carbocycles. The van der Waals surface area contributed by atoms with Gasteiger partial charge >= 0.3 is 0 Å². The second-order valence-corrected chi connectivity index (χ2v) is 6.57. The van der Waals surface area contributed by atoms with Crippen LogP contribution in [0, 0.1) is 0 Å². The fraction of sp³-hybridized carbons (Fsp3) is 0.167. The topological polar surface area (TPSA) is 57.6 Å². The van der Waals surface area contributed by atoms with Gasteiger partial charge in [0.2, 0.25) is 0 Å². The molecular weight excluding hydrogens is 350 g/mol. The maximum atomic E-state index is 11.9. The number of likely N-dealkylation sites (N-methyl/N-ethyl adjacent to an activating group) is 1. The summed E-state index contributed by atoms with van der Waals surface area (Å²) in [5.74, 6) is -0.104. The lowest BCUT2D eigenvalue weighted by atomic mass is 10.0. The van der Waals surface area contributed by atoms with Crippen molar-refractivity contribution in [3.8, 4) is 0 Å². The van der Waals surface area contributed by atoms with Crippen LogP contribution < -0.4 is 0 Å². The molecule has 3 aromatic rings. The number of aliphatic hydroxyl groups is 1. The van der Waals surface area contributed by atoms with E-state index in [0.29, 0.717) is 17.7 Å². The first-order valence-corrected chi connectivity index (χ1v) is 9.04. The fourth-order valence-electron chi connectivity index (χ4n) is 2.55. The third-order valence-electron chi connectivity index (χ3n) is 3.98. The Morgan fingerprint density at radius 3 is 1.64 bits per heavy atom. The molecule has 4 nitrogen and oxygen atoms in total. The predicted octanol–water partition coefficient (Wildman–Crippen LogP) is 4.03. The third kappa shape index (κ3) is 6.58. The van der Waals surface area contributed by atoms with Gasteiger partial charge in [-0.05, 0) is 19.7 Å². The molecule has 0 aliphatic heterocycles. The summed E-state index contributed by atoms with van der Waals surface area (Å²) in [5.41, 5.74) is 1.93. The number of carbonyl (C=O) groups excluding carboxylic acids is 2. The van der Waals surface area contributed by atoms with Crippen LogP contribution in [0.15, 0.2) is 91.0 Å². The molecule has 0 aliphatic rings. The van der Waals surface area contributed by atoms with Gasteiger partial charge in [-0.2, -0.15) is 0 Å². The third-order valence-corrected chi connectivity index (χ3v) is 3.98. The zero-order valence-electron chi connectivity index (χ0n) is 16.2. The van der Waals surface area contributed by atoms with Crippen molar-refractivity contribution in [2.75, 3.05) is 20.6 Å². The smallest absolute Gasteiger partial charge is 0.195 e. The molecule has 1 atom stereocenters. The summed E-state index contributed by atoms with van der Waals surface area (Å²) in [5, 5.41) is 9.89. The van der Waals surface area contributed by atoms with Gasteiger partial charge in [0.05, 0.1) is 6.54 Å². The Labute approximate surface area is 166 Å². The van der Waals surface area contributed by atoms with E-state index < -0.39 is 6.10 Å². The zero-order chi connectivity index (χ0) is 20.4. The van der Waals surface area contributed by atoms with Gasteiger partial charge in [-0.25, -0.2) is 0 Å². The quantitative estimate of drug-likeness (QED) is 0.661. The Kier molecular flexibility index (Phi) is 8.28. The first-order valence-electron chi connectivity index (χ1n) is 9.04. The van der Waals surface area contributed by atoms with E-state index in [0.717, 1.165) is 5.56 Å². The van der Waals surface area contributed by atoms with Crippen molar-refractivity contribution in [3.63, 3.8) is 0 Å². The van der Waals surface area contributed by atoms with Gasteiger partial charge in [0.1, 0.15) is 6.10 Å². The van der Waals surface area contributed by atoms with Gasteiger partial charge in [0.15, 0.2) is 11.6 Å². The van der Waals surface area contributed by atoms with E-state index in [1.807, 2.05) is 61.5 Å². The molecule has 3 rings (SSSR count). The number of Topliss-reactive ketones (excluding diaryl/α,β-unsaturated/α-hetero) is 2. The van der Waals surface area contributed by atoms with Crippen molar-refractivity contribution in [2.24, 2.45) is 0 Å². The summed E-state index contributed by atoms with van der Waals surface area (Å²) >= 11 is 0. The standard InChI is InChI=1S/C14H12O2.C10H13NO/c15-13(11-7-3-1-4-8-11)14(16)12-9-5-2-6-10-12;1-11(2)8-10(12)9-6-4-3-5-7-9/h1-10,13,15H;3-7H,8H2,1-2H3. The normalized spacial score (nSPS) is 11.3. The molecule has 0 heterocycles. The molecular formula is C24H25NO3. The van der Waals surface area contributed by atoms with Crippen molar-refractivity contribution in [1.29, 1.82) is 0 Å². The molecule has 0 fully saturated rings.